The van der Waals surface area contributed by atoms with Crippen molar-refractivity contribution in [3.05, 3.63) is 10.6 Å². The number of nitrogens with zero attached hydrogens (tertiary/aromatic N) is 2. The van der Waals surface area contributed by atoms with Crippen LogP contribution in [0.1, 0.15) is 35.1 Å². The van der Waals surface area contributed by atoms with Crippen LogP contribution >= 0.6 is 23.1 Å². The lowest BCUT2D eigenvalue weighted by Crippen LogP contribution is -2.34. The second kappa shape index (κ2) is 5.92. The third kappa shape index (κ3) is 3.48. The first-order valence-corrected chi connectivity index (χ1v) is 7.96. The third-order valence-corrected chi connectivity index (χ3v) is 5.21. The van der Waals surface area contributed by atoms with Crippen LogP contribution in [0.2, 0.25) is 0 Å². The Morgan fingerprint density at radius 2 is 2.21 bits per heavy atom. The minimum Gasteiger partial charge on any atom is -0.477 e. The summed E-state index contributed by atoms with van der Waals surface area (Å²) in [6, 6.07) is 0.422. The van der Waals surface area contributed by atoms with Crippen molar-refractivity contribution in [2.75, 3.05) is 12.3 Å². The topological polar surface area (TPSA) is 70.5 Å². The van der Waals surface area contributed by atoms with Crippen molar-refractivity contribution in [1.82, 2.24) is 9.88 Å². The van der Waals surface area contributed by atoms with Crippen LogP contribution in [0.5, 0.6) is 0 Å². The lowest BCUT2D eigenvalue weighted by molar-refractivity contribution is -0.128. The van der Waals surface area contributed by atoms with Gasteiger partial charge in [-0.25, -0.2) is 9.78 Å². The molecule has 0 saturated heterocycles. The highest BCUT2D eigenvalue weighted by Gasteiger charge is 2.31. The largest absolute Gasteiger partial charge is 0.477 e. The molecule has 1 fully saturated rings. The van der Waals surface area contributed by atoms with Crippen LogP contribution in [0.25, 0.3) is 0 Å². The maximum Gasteiger partial charge on any atom is 0.347 e. The van der Waals surface area contributed by atoms with Crippen LogP contribution in [-0.4, -0.2) is 45.2 Å². The van der Waals surface area contributed by atoms with Gasteiger partial charge in [0, 0.05) is 12.6 Å². The first-order chi connectivity index (χ1) is 9.02. The Kier molecular flexibility index (Phi) is 4.46. The Hall–Kier alpha value is -1.08. The molecule has 1 saturated carbocycles. The molecule has 1 aliphatic rings. The van der Waals surface area contributed by atoms with E-state index in [1.165, 1.54) is 11.8 Å². The van der Waals surface area contributed by atoms with Gasteiger partial charge in [0.05, 0.1) is 11.4 Å². The first-order valence-electron chi connectivity index (χ1n) is 6.16. The van der Waals surface area contributed by atoms with Gasteiger partial charge in [0.15, 0.2) is 4.34 Å². The molecule has 0 aromatic carbocycles. The number of amides is 1. The number of aromatic carboxylic acids is 1. The molecular weight excluding hydrogens is 284 g/mol. The highest BCUT2D eigenvalue weighted by atomic mass is 32.2. The summed E-state index contributed by atoms with van der Waals surface area (Å²) in [7, 11) is 0. The number of carbonyl (C=O) groups is 2. The molecule has 0 unspecified atom stereocenters. The Bertz CT molecular complexity index is 497. The molecule has 0 bridgehead atoms. The van der Waals surface area contributed by atoms with Crippen molar-refractivity contribution in [1.29, 1.82) is 0 Å². The van der Waals surface area contributed by atoms with E-state index in [2.05, 4.69) is 4.98 Å². The van der Waals surface area contributed by atoms with E-state index in [4.69, 9.17) is 5.11 Å². The van der Waals surface area contributed by atoms with Crippen molar-refractivity contribution in [2.45, 2.75) is 37.1 Å². The molecular formula is C12H16N2O3S2. The van der Waals surface area contributed by atoms with Crippen molar-refractivity contribution in [3.8, 4) is 0 Å². The number of thioether (sulfide) groups is 1. The summed E-state index contributed by atoms with van der Waals surface area (Å²) in [5.74, 6) is -0.517. The Labute approximate surface area is 120 Å². The molecule has 0 atom stereocenters. The minimum atomic E-state index is -0.957. The molecule has 0 spiro atoms. The Morgan fingerprint density at radius 1 is 1.53 bits per heavy atom. The molecule has 0 radical (unpaired) electrons. The zero-order valence-corrected chi connectivity index (χ0v) is 12.5. The van der Waals surface area contributed by atoms with E-state index < -0.39 is 5.97 Å². The van der Waals surface area contributed by atoms with Gasteiger partial charge in [-0.05, 0) is 26.7 Å². The monoisotopic (exact) mass is 300 g/mol. The zero-order chi connectivity index (χ0) is 14.0. The van der Waals surface area contributed by atoms with E-state index in [0.717, 1.165) is 30.7 Å². The van der Waals surface area contributed by atoms with Gasteiger partial charge in [-0.3, -0.25) is 4.79 Å². The third-order valence-electron chi connectivity index (χ3n) is 2.94. The predicted molar refractivity (Wildman–Crippen MR) is 74.9 cm³/mol. The molecule has 1 amide bonds. The molecule has 1 aromatic heterocycles. The van der Waals surface area contributed by atoms with Gasteiger partial charge in [0.25, 0.3) is 0 Å². The Balaban J connectivity index is 1.93. The fourth-order valence-electron chi connectivity index (χ4n) is 1.86. The van der Waals surface area contributed by atoms with Gasteiger partial charge in [-0.2, -0.15) is 0 Å². The quantitative estimate of drug-likeness (QED) is 0.816. The molecule has 2 rings (SSSR count). The van der Waals surface area contributed by atoms with Crippen LogP contribution in [0.3, 0.4) is 0 Å². The maximum absolute atomic E-state index is 12.0. The number of carbonyl (C=O) groups excluding carboxylic acids is 1. The lowest BCUT2D eigenvalue weighted by Gasteiger charge is -2.19. The van der Waals surface area contributed by atoms with Crippen molar-refractivity contribution < 1.29 is 14.7 Å². The molecule has 104 valence electrons. The lowest BCUT2D eigenvalue weighted by atomic mass is 10.4. The molecule has 0 aliphatic heterocycles. The average Bonchev–Trinajstić information content (AvgIpc) is 3.10. The molecule has 1 N–H and O–H groups in total. The smallest absolute Gasteiger partial charge is 0.347 e. The van der Waals surface area contributed by atoms with E-state index in [1.807, 2.05) is 11.8 Å². The van der Waals surface area contributed by atoms with E-state index in [1.54, 1.807) is 6.92 Å². The van der Waals surface area contributed by atoms with Gasteiger partial charge in [-0.1, -0.05) is 11.8 Å². The number of hydrogen-bond donors (Lipinski definition) is 1. The number of carboxylic acid groups (broad SMARTS) is 1. The summed E-state index contributed by atoms with van der Waals surface area (Å²) in [6.45, 7) is 4.40. The van der Waals surface area contributed by atoms with Crippen LogP contribution in [0.15, 0.2) is 4.34 Å². The zero-order valence-electron chi connectivity index (χ0n) is 10.9. The summed E-state index contributed by atoms with van der Waals surface area (Å²) < 4.78 is 0.648. The van der Waals surface area contributed by atoms with Gasteiger partial charge >= 0.3 is 5.97 Å². The average molecular weight is 300 g/mol. The van der Waals surface area contributed by atoms with E-state index in [-0.39, 0.29) is 10.8 Å². The fraction of sp³-hybridized carbons (Fsp3) is 0.583. The second-order valence-electron chi connectivity index (χ2n) is 4.40. The molecule has 1 heterocycles. The van der Waals surface area contributed by atoms with Crippen LogP contribution < -0.4 is 0 Å². The highest BCUT2D eigenvalue weighted by Crippen LogP contribution is 2.30. The van der Waals surface area contributed by atoms with Gasteiger partial charge < -0.3 is 10.0 Å². The van der Waals surface area contributed by atoms with Gasteiger partial charge in [-0.15, -0.1) is 11.3 Å². The summed E-state index contributed by atoms with van der Waals surface area (Å²) in [5.41, 5.74) is 0.516. The SMILES string of the molecule is CCN(C(=O)CSc1nc(C)c(C(=O)O)s1)C1CC1. The number of hydrogen-bond acceptors (Lipinski definition) is 5. The Morgan fingerprint density at radius 3 is 2.68 bits per heavy atom. The van der Waals surface area contributed by atoms with Crippen molar-refractivity contribution >= 4 is 35.0 Å². The summed E-state index contributed by atoms with van der Waals surface area (Å²) in [6.07, 6.45) is 2.20. The predicted octanol–water partition coefficient (Wildman–Crippen LogP) is 2.25. The normalized spacial score (nSPS) is 14.4. The molecule has 1 aromatic rings. The first kappa shape index (κ1) is 14.3. The number of thiazole rings is 1. The molecule has 7 heteroatoms. The van der Waals surface area contributed by atoms with Gasteiger partial charge in [0.2, 0.25) is 5.91 Å². The number of aromatic nitrogens is 1. The summed E-state index contributed by atoms with van der Waals surface area (Å²) >= 11 is 2.46. The minimum absolute atomic E-state index is 0.111. The standard InChI is InChI=1S/C12H16N2O3S2/c1-3-14(8-4-5-8)9(15)6-18-12-13-7(2)10(19-12)11(16)17/h8H,3-6H2,1-2H3,(H,16,17). The summed E-state index contributed by atoms with van der Waals surface area (Å²) in [5, 5.41) is 8.95. The van der Waals surface area contributed by atoms with Gasteiger partial charge in [0.1, 0.15) is 4.88 Å². The van der Waals surface area contributed by atoms with Crippen LogP contribution in [0, 0.1) is 6.92 Å². The fourth-order valence-corrected chi connectivity index (χ4v) is 3.78. The number of carboxylic acids is 1. The molecule has 19 heavy (non-hydrogen) atoms. The van der Waals surface area contributed by atoms with Crippen LogP contribution in [-0.2, 0) is 4.79 Å². The maximum atomic E-state index is 12.0. The van der Waals surface area contributed by atoms with E-state index >= 15 is 0 Å². The second-order valence-corrected chi connectivity index (χ2v) is 6.62. The highest BCUT2D eigenvalue weighted by molar-refractivity contribution is 8.01. The van der Waals surface area contributed by atoms with E-state index in [9.17, 15) is 9.59 Å². The number of rotatable bonds is 6. The van der Waals surface area contributed by atoms with Crippen molar-refractivity contribution in [3.63, 3.8) is 0 Å². The van der Waals surface area contributed by atoms with E-state index in [0.29, 0.717) is 21.8 Å². The summed E-state index contributed by atoms with van der Waals surface area (Å²) in [4.78, 5) is 29.3. The molecule has 1 aliphatic carbocycles. The number of aryl methyl sites for hydroxylation is 1. The van der Waals surface area contributed by atoms with Crippen LogP contribution in [0.4, 0.5) is 0 Å². The molecule has 5 nitrogen and oxygen atoms in total. The van der Waals surface area contributed by atoms with Crippen molar-refractivity contribution in [2.24, 2.45) is 0 Å².